The van der Waals surface area contributed by atoms with Gasteiger partial charge in [-0.2, -0.15) is 0 Å². The predicted molar refractivity (Wildman–Crippen MR) is 72.9 cm³/mol. The standard InChI is InChI=1S/C15H21NO3/c1-10-8-11(6-7-14(10)19-2)9-16-15(18)12-4-3-5-13(12)17/h6-8,12-13,17H,3-5,9H2,1-2H3,(H,16,18). The highest BCUT2D eigenvalue weighted by atomic mass is 16.5. The van der Waals surface area contributed by atoms with E-state index in [0.717, 1.165) is 36.1 Å². The van der Waals surface area contributed by atoms with E-state index >= 15 is 0 Å². The second-order valence-electron chi connectivity index (χ2n) is 5.13. The van der Waals surface area contributed by atoms with Gasteiger partial charge in [0.25, 0.3) is 0 Å². The molecular formula is C15H21NO3. The Balaban J connectivity index is 1.91. The van der Waals surface area contributed by atoms with Crippen LogP contribution in [0.15, 0.2) is 18.2 Å². The van der Waals surface area contributed by atoms with Gasteiger partial charge in [-0.25, -0.2) is 0 Å². The van der Waals surface area contributed by atoms with Crippen molar-refractivity contribution < 1.29 is 14.6 Å². The average Bonchev–Trinajstić information content (AvgIpc) is 2.82. The number of benzene rings is 1. The van der Waals surface area contributed by atoms with Crippen LogP contribution in [0.4, 0.5) is 0 Å². The van der Waals surface area contributed by atoms with E-state index < -0.39 is 6.10 Å². The molecule has 1 aliphatic rings. The number of aryl methyl sites for hydroxylation is 1. The van der Waals surface area contributed by atoms with Gasteiger partial charge in [-0.15, -0.1) is 0 Å². The molecule has 1 amide bonds. The fourth-order valence-electron chi connectivity index (χ4n) is 2.62. The molecule has 0 saturated heterocycles. The summed E-state index contributed by atoms with van der Waals surface area (Å²) < 4.78 is 5.20. The number of amides is 1. The van der Waals surface area contributed by atoms with Gasteiger partial charge in [-0.05, 0) is 43.4 Å². The molecule has 4 heteroatoms. The van der Waals surface area contributed by atoms with Gasteiger partial charge in [0.2, 0.25) is 5.91 Å². The minimum Gasteiger partial charge on any atom is -0.496 e. The first-order valence-electron chi connectivity index (χ1n) is 6.71. The second kappa shape index (κ2) is 6.06. The Labute approximate surface area is 113 Å². The molecule has 0 spiro atoms. The van der Waals surface area contributed by atoms with E-state index in [1.807, 2.05) is 25.1 Å². The van der Waals surface area contributed by atoms with Crippen molar-refractivity contribution >= 4 is 5.91 Å². The van der Waals surface area contributed by atoms with Gasteiger partial charge >= 0.3 is 0 Å². The number of hydrogen-bond donors (Lipinski definition) is 2. The molecule has 0 radical (unpaired) electrons. The van der Waals surface area contributed by atoms with Crippen molar-refractivity contribution in [3.63, 3.8) is 0 Å². The molecule has 0 aromatic heterocycles. The van der Waals surface area contributed by atoms with Crippen LogP contribution in [0.5, 0.6) is 5.75 Å². The van der Waals surface area contributed by atoms with E-state index in [-0.39, 0.29) is 11.8 Å². The van der Waals surface area contributed by atoms with Crippen molar-refractivity contribution in [3.8, 4) is 5.75 Å². The van der Waals surface area contributed by atoms with E-state index in [1.54, 1.807) is 7.11 Å². The molecular weight excluding hydrogens is 242 g/mol. The van der Waals surface area contributed by atoms with E-state index in [0.29, 0.717) is 6.54 Å². The number of nitrogens with one attached hydrogen (secondary N) is 1. The largest absolute Gasteiger partial charge is 0.496 e. The monoisotopic (exact) mass is 263 g/mol. The Kier molecular flexibility index (Phi) is 4.43. The third kappa shape index (κ3) is 3.26. The fourth-order valence-corrected chi connectivity index (χ4v) is 2.62. The van der Waals surface area contributed by atoms with Crippen LogP contribution >= 0.6 is 0 Å². The van der Waals surface area contributed by atoms with Crippen LogP contribution in [0, 0.1) is 12.8 Å². The minimum absolute atomic E-state index is 0.0431. The molecule has 0 aliphatic heterocycles. The molecule has 2 rings (SSSR count). The highest BCUT2D eigenvalue weighted by Crippen LogP contribution is 2.25. The van der Waals surface area contributed by atoms with E-state index in [2.05, 4.69) is 5.32 Å². The lowest BCUT2D eigenvalue weighted by atomic mass is 10.0. The number of hydrogen-bond acceptors (Lipinski definition) is 3. The zero-order valence-electron chi connectivity index (χ0n) is 11.5. The van der Waals surface area contributed by atoms with E-state index in [4.69, 9.17) is 4.74 Å². The minimum atomic E-state index is -0.474. The lowest BCUT2D eigenvalue weighted by Gasteiger charge is -2.15. The van der Waals surface area contributed by atoms with Gasteiger partial charge in [-0.3, -0.25) is 4.79 Å². The van der Waals surface area contributed by atoms with Gasteiger partial charge in [0.05, 0.1) is 19.1 Å². The maximum atomic E-state index is 11.9. The summed E-state index contributed by atoms with van der Waals surface area (Å²) in [6, 6.07) is 5.85. The molecule has 0 bridgehead atoms. The van der Waals surface area contributed by atoms with Crippen LogP contribution in [-0.4, -0.2) is 24.2 Å². The normalized spacial score (nSPS) is 22.3. The molecule has 4 nitrogen and oxygen atoms in total. The Bertz CT molecular complexity index is 459. The Morgan fingerprint density at radius 3 is 2.84 bits per heavy atom. The Morgan fingerprint density at radius 1 is 1.47 bits per heavy atom. The molecule has 19 heavy (non-hydrogen) atoms. The van der Waals surface area contributed by atoms with Crippen LogP contribution < -0.4 is 10.1 Å². The molecule has 104 valence electrons. The third-order valence-electron chi connectivity index (χ3n) is 3.74. The average molecular weight is 263 g/mol. The summed E-state index contributed by atoms with van der Waals surface area (Å²) in [5.41, 5.74) is 2.09. The van der Waals surface area contributed by atoms with E-state index in [1.165, 1.54) is 0 Å². The van der Waals surface area contributed by atoms with Crippen molar-refractivity contribution in [1.82, 2.24) is 5.32 Å². The van der Waals surface area contributed by atoms with Gasteiger partial charge in [0.15, 0.2) is 0 Å². The summed E-state index contributed by atoms with van der Waals surface area (Å²) >= 11 is 0. The highest BCUT2D eigenvalue weighted by Gasteiger charge is 2.31. The topological polar surface area (TPSA) is 58.6 Å². The summed E-state index contributed by atoms with van der Waals surface area (Å²) in [5, 5.41) is 12.6. The van der Waals surface area contributed by atoms with Crippen LogP contribution in [0.25, 0.3) is 0 Å². The van der Waals surface area contributed by atoms with Gasteiger partial charge in [0.1, 0.15) is 5.75 Å². The Hall–Kier alpha value is -1.55. The zero-order valence-corrected chi connectivity index (χ0v) is 11.5. The molecule has 1 aromatic carbocycles. The summed E-state index contributed by atoms with van der Waals surface area (Å²) in [7, 11) is 1.64. The number of rotatable bonds is 4. The quantitative estimate of drug-likeness (QED) is 0.870. The third-order valence-corrected chi connectivity index (χ3v) is 3.74. The zero-order chi connectivity index (χ0) is 13.8. The van der Waals surface area contributed by atoms with Crippen molar-refractivity contribution in [2.24, 2.45) is 5.92 Å². The van der Waals surface area contributed by atoms with Gasteiger partial charge < -0.3 is 15.2 Å². The number of aliphatic hydroxyl groups excluding tert-OH is 1. The molecule has 1 aliphatic carbocycles. The van der Waals surface area contributed by atoms with Crippen molar-refractivity contribution in [2.45, 2.75) is 38.8 Å². The van der Waals surface area contributed by atoms with Gasteiger partial charge in [0, 0.05) is 6.54 Å². The molecule has 1 saturated carbocycles. The SMILES string of the molecule is COc1ccc(CNC(=O)C2CCCC2O)cc1C. The Morgan fingerprint density at radius 2 is 2.26 bits per heavy atom. The summed E-state index contributed by atoms with van der Waals surface area (Å²) in [6.45, 7) is 2.47. The van der Waals surface area contributed by atoms with Crippen LogP contribution in [0.3, 0.4) is 0 Å². The molecule has 2 atom stereocenters. The molecule has 1 fully saturated rings. The lowest BCUT2D eigenvalue weighted by Crippen LogP contribution is -2.34. The van der Waals surface area contributed by atoms with Gasteiger partial charge in [-0.1, -0.05) is 12.1 Å². The lowest BCUT2D eigenvalue weighted by molar-refractivity contribution is -0.127. The van der Waals surface area contributed by atoms with E-state index in [9.17, 15) is 9.90 Å². The van der Waals surface area contributed by atoms with Crippen LogP contribution in [-0.2, 0) is 11.3 Å². The summed E-state index contributed by atoms with van der Waals surface area (Å²) in [6.07, 6.45) is 1.98. The van der Waals surface area contributed by atoms with Crippen molar-refractivity contribution in [2.75, 3.05) is 7.11 Å². The number of methoxy groups -OCH3 is 1. The first-order valence-corrected chi connectivity index (χ1v) is 6.71. The van der Waals surface area contributed by atoms with Crippen molar-refractivity contribution in [3.05, 3.63) is 29.3 Å². The second-order valence-corrected chi connectivity index (χ2v) is 5.13. The molecule has 2 unspecified atom stereocenters. The summed E-state index contributed by atoms with van der Waals surface area (Å²) in [5.74, 6) is 0.569. The number of ether oxygens (including phenoxy) is 1. The number of carbonyl (C=O) groups is 1. The molecule has 1 aromatic rings. The maximum Gasteiger partial charge on any atom is 0.225 e. The smallest absolute Gasteiger partial charge is 0.225 e. The molecule has 2 N–H and O–H groups in total. The molecule has 0 heterocycles. The maximum absolute atomic E-state index is 11.9. The first-order chi connectivity index (χ1) is 9.11. The number of aliphatic hydroxyl groups is 1. The predicted octanol–water partition coefficient (Wildman–Crippen LogP) is 1.78. The fraction of sp³-hybridized carbons (Fsp3) is 0.533. The summed E-state index contributed by atoms with van der Waals surface area (Å²) in [4.78, 5) is 11.9. The number of carbonyl (C=O) groups excluding carboxylic acids is 1. The van der Waals surface area contributed by atoms with Crippen LogP contribution in [0.1, 0.15) is 30.4 Å². The first kappa shape index (κ1) is 13.9. The highest BCUT2D eigenvalue weighted by molar-refractivity contribution is 5.79. The van der Waals surface area contributed by atoms with Crippen LogP contribution in [0.2, 0.25) is 0 Å². The van der Waals surface area contributed by atoms with Crippen molar-refractivity contribution in [1.29, 1.82) is 0 Å².